The highest BCUT2D eigenvalue weighted by Gasteiger charge is 2.29. The van der Waals surface area contributed by atoms with Crippen LogP contribution < -0.4 is 0 Å². The molecule has 0 unspecified atom stereocenters. The molecule has 1 fully saturated rings. The van der Waals surface area contributed by atoms with E-state index in [-0.39, 0.29) is 11.9 Å². The Morgan fingerprint density at radius 2 is 2.24 bits per heavy atom. The largest absolute Gasteiger partial charge is 0.337 e. The van der Waals surface area contributed by atoms with Crippen LogP contribution in [0.3, 0.4) is 0 Å². The van der Waals surface area contributed by atoms with Gasteiger partial charge >= 0.3 is 0 Å². The van der Waals surface area contributed by atoms with Crippen molar-refractivity contribution in [1.82, 2.24) is 29.0 Å². The molecule has 0 N–H and O–H groups in total. The summed E-state index contributed by atoms with van der Waals surface area (Å²) in [5.41, 5.74) is 2.86. The number of amides is 1. The van der Waals surface area contributed by atoms with Crippen molar-refractivity contribution >= 4 is 11.6 Å². The minimum atomic E-state index is 0.0580. The molecule has 1 aliphatic heterocycles. The van der Waals surface area contributed by atoms with Crippen LogP contribution in [0.2, 0.25) is 0 Å². The molecule has 1 amide bonds. The Labute approximate surface area is 146 Å². The van der Waals surface area contributed by atoms with Crippen LogP contribution in [-0.4, -0.2) is 41.5 Å². The molecular weight excluding hydrogens is 316 g/mol. The lowest BCUT2D eigenvalue weighted by Gasteiger charge is -2.35. The quantitative estimate of drug-likeness (QED) is 0.732. The number of carbonyl (C=O) groups excluding carboxylic acids is 1. The van der Waals surface area contributed by atoms with E-state index in [1.165, 1.54) is 0 Å². The summed E-state index contributed by atoms with van der Waals surface area (Å²) >= 11 is 0. The van der Waals surface area contributed by atoms with Gasteiger partial charge in [0, 0.05) is 43.7 Å². The zero-order valence-corrected chi connectivity index (χ0v) is 14.4. The average molecular weight is 338 g/mol. The molecule has 0 bridgehead atoms. The number of likely N-dealkylation sites (tertiary alicyclic amines) is 1. The molecule has 0 saturated carbocycles. The highest BCUT2D eigenvalue weighted by atomic mass is 16.2. The van der Waals surface area contributed by atoms with Crippen LogP contribution in [0.15, 0.2) is 37.1 Å². The summed E-state index contributed by atoms with van der Waals surface area (Å²) in [6.45, 7) is 3.49. The standard InChI is InChI=1S/C18H22N6O/c1-14-12-15(21-17-5-7-20-24(14)17)16-4-2-3-9-23(16)18(25)6-10-22-11-8-19-13-22/h5,7-8,11-13,16H,2-4,6,9-10H2,1H3/t16-/m0/s1. The molecule has 25 heavy (non-hydrogen) atoms. The lowest BCUT2D eigenvalue weighted by Crippen LogP contribution is -2.39. The van der Waals surface area contributed by atoms with E-state index >= 15 is 0 Å². The zero-order chi connectivity index (χ0) is 17.2. The van der Waals surface area contributed by atoms with Crippen LogP contribution in [0.1, 0.15) is 43.1 Å². The van der Waals surface area contributed by atoms with Crippen LogP contribution in [0.25, 0.3) is 5.65 Å². The number of imidazole rings is 1. The second-order valence-electron chi connectivity index (χ2n) is 6.57. The van der Waals surface area contributed by atoms with E-state index in [0.29, 0.717) is 13.0 Å². The Bertz CT molecular complexity index is 869. The topological polar surface area (TPSA) is 68.3 Å². The van der Waals surface area contributed by atoms with E-state index in [9.17, 15) is 4.79 Å². The Hall–Kier alpha value is -2.70. The molecule has 0 radical (unpaired) electrons. The van der Waals surface area contributed by atoms with Crippen molar-refractivity contribution in [2.24, 2.45) is 0 Å². The molecule has 3 aromatic rings. The highest BCUT2D eigenvalue weighted by Crippen LogP contribution is 2.31. The van der Waals surface area contributed by atoms with Gasteiger partial charge in [0.15, 0.2) is 5.65 Å². The van der Waals surface area contributed by atoms with Crippen molar-refractivity contribution in [3.05, 3.63) is 48.4 Å². The number of piperidine rings is 1. The number of carbonyl (C=O) groups is 1. The minimum Gasteiger partial charge on any atom is -0.337 e. The molecule has 0 aromatic carbocycles. The summed E-state index contributed by atoms with van der Waals surface area (Å²) in [6, 6.07) is 4.03. The monoisotopic (exact) mass is 338 g/mol. The van der Waals surface area contributed by atoms with Gasteiger partial charge in [-0.05, 0) is 32.3 Å². The van der Waals surface area contributed by atoms with Gasteiger partial charge in [0.2, 0.25) is 5.91 Å². The summed E-state index contributed by atoms with van der Waals surface area (Å²) in [4.78, 5) is 23.6. The van der Waals surface area contributed by atoms with Gasteiger partial charge in [-0.1, -0.05) is 0 Å². The first-order valence-corrected chi connectivity index (χ1v) is 8.79. The van der Waals surface area contributed by atoms with Gasteiger partial charge in [0.25, 0.3) is 0 Å². The third-order valence-corrected chi connectivity index (χ3v) is 4.86. The molecule has 0 aliphatic carbocycles. The lowest BCUT2D eigenvalue weighted by atomic mass is 9.98. The Morgan fingerprint density at radius 1 is 1.32 bits per heavy atom. The second-order valence-corrected chi connectivity index (χ2v) is 6.57. The second kappa shape index (κ2) is 6.66. The summed E-state index contributed by atoms with van der Waals surface area (Å²) in [6.07, 6.45) is 10.8. The molecule has 4 heterocycles. The average Bonchev–Trinajstić information content (AvgIpc) is 3.31. The van der Waals surface area contributed by atoms with Gasteiger partial charge in [0.1, 0.15) is 0 Å². The Balaban J connectivity index is 1.56. The number of aryl methyl sites for hydroxylation is 2. The van der Waals surface area contributed by atoms with Crippen LogP contribution in [-0.2, 0) is 11.3 Å². The molecule has 1 aliphatic rings. The molecule has 3 aromatic heterocycles. The third kappa shape index (κ3) is 3.14. The van der Waals surface area contributed by atoms with Gasteiger partial charge in [0.05, 0.1) is 24.3 Å². The lowest BCUT2D eigenvalue weighted by molar-refractivity contribution is -0.135. The van der Waals surface area contributed by atoms with E-state index in [0.717, 1.165) is 42.8 Å². The molecule has 4 rings (SSSR count). The first-order chi connectivity index (χ1) is 12.2. The molecule has 130 valence electrons. The van der Waals surface area contributed by atoms with Crippen molar-refractivity contribution in [1.29, 1.82) is 0 Å². The maximum Gasteiger partial charge on any atom is 0.224 e. The molecule has 1 saturated heterocycles. The van der Waals surface area contributed by atoms with E-state index in [1.807, 2.05) is 33.2 Å². The van der Waals surface area contributed by atoms with Gasteiger partial charge in [-0.2, -0.15) is 5.10 Å². The molecule has 7 nitrogen and oxygen atoms in total. The fourth-order valence-electron chi connectivity index (χ4n) is 3.59. The van der Waals surface area contributed by atoms with Crippen LogP contribution in [0.4, 0.5) is 0 Å². The Morgan fingerprint density at radius 3 is 3.08 bits per heavy atom. The predicted molar refractivity (Wildman–Crippen MR) is 92.9 cm³/mol. The Kier molecular flexibility index (Phi) is 4.21. The molecular formula is C18H22N6O. The normalized spacial score (nSPS) is 18.0. The van der Waals surface area contributed by atoms with Crippen LogP contribution in [0, 0.1) is 6.92 Å². The summed E-state index contributed by atoms with van der Waals surface area (Å²) in [7, 11) is 0. The van der Waals surface area contributed by atoms with Crippen LogP contribution in [0.5, 0.6) is 0 Å². The summed E-state index contributed by atoms with van der Waals surface area (Å²) in [5, 5.41) is 4.28. The number of rotatable bonds is 4. The van der Waals surface area contributed by atoms with Gasteiger partial charge in [-0.3, -0.25) is 4.79 Å². The van der Waals surface area contributed by atoms with E-state index in [1.54, 1.807) is 18.7 Å². The summed E-state index contributed by atoms with van der Waals surface area (Å²) in [5.74, 6) is 0.186. The summed E-state index contributed by atoms with van der Waals surface area (Å²) < 4.78 is 3.77. The SMILES string of the molecule is Cc1cc([C@@H]2CCCCN2C(=O)CCn2ccnc2)nc2ccnn12. The number of hydrogen-bond acceptors (Lipinski definition) is 4. The van der Waals surface area contributed by atoms with Crippen molar-refractivity contribution in [2.45, 2.75) is 45.2 Å². The van der Waals surface area contributed by atoms with E-state index < -0.39 is 0 Å². The molecule has 7 heteroatoms. The first-order valence-electron chi connectivity index (χ1n) is 8.79. The van der Waals surface area contributed by atoms with Crippen molar-refractivity contribution in [2.75, 3.05) is 6.54 Å². The zero-order valence-electron chi connectivity index (χ0n) is 14.4. The molecule has 0 spiro atoms. The maximum atomic E-state index is 12.8. The van der Waals surface area contributed by atoms with Crippen LogP contribution >= 0.6 is 0 Å². The third-order valence-electron chi connectivity index (χ3n) is 4.86. The van der Waals surface area contributed by atoms with Gasteiger partial charge < -0.3 is 9.47 Å². The first kappa shape index (κ1) is 15.8. The van der Waals surface area contributed by atoms with Crippen molar-refractivity contribution in [3.63, 3.8) is 0 Å². The minimum absolute atomic E-state index is 0.0580. The van der Waals surface area contributed by atoms with Gasteiger partial charge in [-0.15, -0.1) is 0 Å². The van der Waals surface area contributed by atoms with E-state index in [2.05, 4.69) is 16.1 Å². The number of hydrogen-bond donors (Lipinski definition) is 0. The van der Waals surface area contributed by atoms with E-state index in [4.69, 9.17) is 4.98 Å². The predicted octanol–water partition coefficient (Wildman–Crippen LogP) is 2.38. The fraction of sp³-hybridized carbons (Fsp3) is 0.444. The van der Waals surface area contributed by atoms with Crippen molar-refractivity contribution in [3.8, 4) is 0 Å². The van der Waals surface area contributed by atoms with Crippen molar-refractivity contribution < 1.29 is 4.79 Å². The highest BCUT2D eigenvalue weighted by molar-refractivity contribution is 5.76. The number of fused-ring (bicyclic) bond motifs is 1. The number of nitrogens with zero attached hydrogens (tertiary/aromatic N) is 6. The van der Waals surface area contributed by atoms with Gasteiger partial charge in [-0.25, -0.2) is 14.5 Å². The molecule has 1 atom stereocenters. The number of aromatic nitrogens is 5. The fourth-order valence-corrected chi connectivity index (χ4v) is 3.59. The maximum absolute atomic E-state index is 12.8. The smallest absolute Gasteiger partial charge is 0.224 e.